The lowest BCUT2D eigenvalue weighted by Crippen LogP contribution is -2.42. The molecular formula is C30H40N4O2S. The highest BCUT2D eigenvalue weighted by atomic mass is 32.1. The quantitative estimate of drug-likeness (QED) is 0.484. The second-order valence-electron chi connectivity index (χ2n) is 10.6. The zero-order valence-electron chi connectivity index (χ0n) is 23.0. The van der Waals surface area contributed by atoms with Crippen LogP contribution in [0.25, 0.3) is 11.1 Å². The summed E-state index contributed by atoms with van der Waals surface area (Å²) in [6, 6.07) is 7.46. The van der Waals surface area contributed by atoms with E-state index in [1.54, 1.807) is 11.3 Å². The average Bonchev–Trinajstić information content (AvgIpc) is 3.40. The predicted molar refractivity (Wildman–Crippen MR) is 155 cm³/mol. The third-order valence-corrected chi connectivity index (χ3v) is 8.69. The minimum absolute atomic E-state index is 0.143. The Morgan fingerprint density at radius 1 is 1.08 bits per heavy atom. The Morgan fingerprint density at radius 2 is 1.78 bits per heavy atom. The number of nitrogens with zero attached hydrogens (tertiary/aromatic N) is 3. The number of anilines is 1. The van der Waals surface area contributed by atoms with Gasteiger partial charge in [-0.2, -0.15) is 11.3 Å². The molecule has 0 spiro atoms. The maximum Gasteiger partial charge on any atom is 0.254 e. The van der Waals surface area contributed by atoms with E-state index in [4.69, 9.17) is 0 Å². The van der Waals surface area contributed by atoms with Crippen LogP contribution in [0, 0.1) is 12.8 Å². The van der Waals surface area contributed by atoms with Gasteiger partial charge in [0.15, 0.2) is 0 Å². The molecule has 0 bridgehead atoms. The summed E-state index contributed by atoms with van der Waals surface area (Å²) in [6.45, 7) is 9.16. The van der Waals surface area contributed by atoms with Crippen LogP contribution in [-0.2, 0) is 4.79 Å². The monoisotopic (exact) mass is 520 g/mol. The summed E-state index contributed by atoms with van der Waals surface area (Å²) in [7, 11) is 4.35. The first-order valence-electron chi connectivity index (χ1n) is 13.3. The third kappa shape index (κ3) is 6.04. The highest BCUT2D eigenvalue weighted by Crippen LogP contribution is 2.36. The number of thiophene rings is 1. The number of rotatable bonds is 8. The Bertz CT molecular complexity index is 1190. The smallest absolute Gasteiger partial charge is 0.254 e. The van der Waals surface area contributed by atoms with Gasteiger partial charge in [0.1, 0.15) is 0 Å². The van der Waals surface area contributed by atoms with Gasteiger partial charge in [-0.25, -0.2) is 4.99 Å². The molecule has 6 nitrogen and oxygen atoms in total. The van der Waals surface area contributed by atoms with Crippen molar-refractivity contribution in [2.75, 3.05) is 32.1 Å². The number of hydrogen-bond donors (Lipinski definition) is 1. The SMILES string of the molecule is CCN(c1cc(-c2ccsc2)cc(C(=O)NCC2C(=O)N=C(C)C=C2C)c1C)C1CCC(N(C)C)CC1. The average molecular weight is 521 g/mol. The van der Waals surface area contributed by atoms with Crippen molar-refractivity contribution in [3.05, 3.63) is 51.7 Å². The summed E-state index contributed by atoms with van der Waals surface area (Å²) in [5, 5.41) is 7.25. The van der Waals surface area contributed by atoms with E-state index in [0.717, 1.165) is 47.3 Å². The summed E-state index contributed by atoms with van der Waals surface area (Å²) in [6.07, 6.45) is 6.60. The molecule has 2 aromatic rings. The van der Waals surface area contributed by atoms with E-state index in [2.05, 4.69) is 70.9 Å². The molecule has 1 aromatic heterocycles. The molecule has 0 radical (unpaired) electrons. The van der Waals surface area contributed by atoms with E-state index >= 15 is 0 Å². The van der Waals surface area contributed by atoms with Crippen molar-refractivity contribution in [2.24, 2.45) is 10.9 Å². The minimum Gasteiger partial charge on any atom is -0.369 e. The number of nitrogens with one attached hydrogen (secondary N) is 1. The summed E-state index contributed by atoms with van der Waals surface area (Å²) in [5.74, 6) is -0.741. The Kier molecular flexibility index (Phi) is 8.65. The van der Waals surface area contributed by atoms with Crippen LogP contribution < -0.4 is 10.2 Å². The van der Waals surface area contributed by atoms with Crippen molar-refractivity contribution in [2.45, 2.75) is 65.5 Å². The Morgan fingerprint density at radius 3 is 2.38 bits per heavy atom. The third-order valence-electron chi connectivity index (χ3n) is 8.00. The van der Waals surface area contributed by atoms with Gasteiger partial charge in [-0.05, 0) is 119 Å². The maximum atomic E-state index is 13.6. The molecule has 4 rings (SSSR count). The van der Waals surface area contributed by atoms with Crippen LogP contribution in [-0.4, -0.2) is 61.7 Å². The van der Waals surface area contributed by atoms with Gasteiger partial charge in [0.05, 0.1) is 5.92 Å². The molecule has 2 heterocycles. The van der Waals surface area contributed by atoms with Gasteiger partial charge in [-0.3, -0.25) is 9.59 Å². The summed E-state index contributed by atoms with van der Waals surface area (Å²) in [5.41, 5.74) is 6.62. The van der Waals surface area contributed by atoms with Crippen LogP contribution in [0.2, 0.25) is 0 Å². The Labute approximate surface area is 225 Å². The van der Waals surface area contributed by atoms with Crippen molar-refractivity contribution in [1.29, 1.82) is 0 Å². The number of carbonyl (C=O) groups is 2. The number of hydrogen-bond acceptors (Lipinski definition) is 5. The van der Waals surface area contributed by atoms with Gasteiger partial charge < -0.3 is 15.1 Å². The number of benzene rings is 1. The molecule has 1 aliphatic heterocycles. The number of allylic oxidation sites excluding steroid dienone is 1. The lowest BCUT2D eigenvalue weighted by molar-refractivity contribution is -0.120. The number of dihydropyridines is 1. The molecule has 1 fully saturated rings. The fourth-order valence-electron chi connectivity index (χ4n) is 5.79. The molecule has 1 atom stereocenters. The van der Waals surface area contributed by atoms with Crippen LogP contribution in [0.3, 0.4) is 0 Å². The molecule has 1 unspecified atom stereocenters. The fraction of sp³-hybridized carbons (Fsp3) is 0.500. The van der Waals surface area contributed by atoms with Crippen molar-refractivity contribution in [3.63, 3.8) is 0 Å². The first-order valence-corrected chi connectivity index (χ1v) is 14.3. The van der Waals surface area contributed by atoms with Crippen LogP contribution in [0.1, 0.15) is 62.4 Å². The molecule has 198 valence electrons. The molecule has 2 amide bonds. The summed E-state index contributed by atoms with van der Waals surface area (Å²) >= 11 is 1.66. The summed E-state index contributed by atoms with van der Waals surface area (Å²) in [4.78, 5) is 35.0. The normalized spacial score (nSPS) is 22.0. The van der Waals surface area contributed by atoms with E-state index in [1.165, 1.54) is 12.8 Å². The van der Waals surface area contributed by atoms with E-state index in [9.17, 15) is 9.59 Å². The van der Waals surface area contributed by atoms with Crippen LogP contribution in [0.15, 0.2) is 45.6 Å². The van der Waals surface area contributed by atoms with Crippen molar-refractivity contribution >= 4 is 34.6 Å². The number of amides is 2. The predicted octanol–water partition coefficient (Wildman–Crippen LogP) is 5.72. The molecule has 1 saturated carbocycles. The first-order chi connectivity index (χ1) is 17.7. The second-order valence-corrected chi connectivity index (χ2v) is 11.4. The van der Waals surface area contributed by atoms with Crippen LogP contribution in [0.5, 0.6) is 0 Å². The van der Waals surface area contributed by atoms with Gasteiger partial charge in [0.25, 0.3) is 11.8 Å². The van der Waals surface area contributed by atoms with Crippen LogP contribution >= 0.6 is 11.3 Å². The van der Waals surface area contributed by atoms with Crippen LogP contribution in [0.4, 0.5) is 5.69 Å². The standard InChI is InChI=1S/C30H40N4O2S/c1-7-34(25-10-8-24(9-11-25)33(5)6)28-16-23(22-12-13-37-18-22)15-26(21(28)4)29(35)31-17-27-19(2)14-20(3)32-30(27)36/h12-16,18,24-25,27H,7-11,17H2,1-6H3,(H,31,35). The molecule has 1 aliphatic carbocycles. The van der Waals surface area contributed by atoms with Gasteiger partial charge in [0.2, 0.25) is 0 Å². The number of aliphatic imine (C=N–C) groups is 1. The number of carbonyl (C=O) groups excluding carboxylic acids is 2. The molecule has 1 N–H and O–H groups in total. The zero-order chi connectivity index (χ0) is 26.7. The van der Waals surface area contributed by atoms with Gasteiger partial charge >= 0.3 is 0 Å². The van der Waals surface area contributed by atoms with Crippen molar-refractivity contribution in [3.8, 4) is 11.1 Å². The van der Waals surface area contributed by atoms with Gasteiger partial charge in [-0.15, -0.1) is 0 Å². The van der Waals surface area contributed by atoms with Crippen molar-refractivity contribution in [1.82, 2.24) is 10.2 Å². The molecule has 37 heavy (non-hydrogen) atoms. The molecule has 7 heteroatoms. The van der Waals surface area contributed by atoms with Crippen molar-refractivity contribution < 1.29 is 9.59 Å². The van der Waals surface area contributed by atoms with E-state index in [-0.39, 0.29) is 18.4 Å². The largest absolute Gasteiger partial charge is 0.369 e. The highest BCUT2D eigenvalue weighted by molar-refractivity contribution is 7.08. The molecule has 0 saturated heterocycles. The van der Waals surface area contributed by atoms with E-state index in [0.29, 0.717) is 23.4 Å². The van der Waals surface area contributed by atoms with Gasteiger partial charge in [0, 0.05) is 42.1 Å². The minimum atomic E-state index is -0.411. The molecular weight excluding hydrogens is 480 g/mol. The zero-order valence-corrected chi connectivity index (χ0v) is 23.8. The lowest BCUT2D eigenvalue weighted by atomic mass is 9.88. The first kappa shape index (κ1) is 27.3. The second kappa shape index (κ2) is 11.7. The Balaban J connectivity index is 1.62. The highest BCUT2D eigenvalue weighted by Gasteiger charge is 2.29. The van der Waals surface area contributed by atoms with Gasteiger partial charge in [-0.1, -0.05) is 5.57 Å². The topological polar surface area (TPSA) is 65.0 Å². The molecule has 2 aliphatic rings. The maximum absolute atomic E-state index is 13.6. The summed E-state index contributed by atoms with van der Waals surface area (Å²) < 4.78 is 0. The fourth-order valence-corrected chi connectivity index (χ4v) is 6.45. The lowest BCUT2D eigenvalue weighted by Gasteiger charge is -2.40. The Hall–Kier alpha value is -2.77. The van der Waals surface area contributed by atoms with E-state index < -0.39 is 5.92 Å². The van der Waals surface area contributed by atoms with E-state index in [1.807, 2.05) is 26.0 Å². The molecule has 1 aromatic carbocycles.